The van der Waals surface area contributed by atoms with Gasteiger partial charge in [-0.3, -0.25) is 0 Å². The van der Waals surface area contributed by atoms with Gasteiger partial charge in [-0.15, -0.1) is 0 Å². The highest BCUT2D eigenvalue weighted by Crippen LogP contribution is 2.49. The van der Waals surface area contributed by atoms with Crippen LogP contribution in [0.3, 0.4) is 0 Å². The Labute approximate surface area is 129 Å². The number of aliphatic hydroxyl groups excluding tert-OH is 1. The fraction of sp³-hybridized carbons (Fsp3) is 0.500. The lowest BCUT2D eigenvalue weighted by atomic mass is 9.80. The van der Waals surface area contributed by atoms with E-state index in [1.54, 1.807) is 0 Å². The molecule has 1 fully saturated rings. The number of rotatable bonds is 3. The lowest BCUT2D eigenvalue weighted by Gasteiger charge is -2.42. The van der Waals surface area contributed by atoms with Crippen LogP contribution in [0.5, 0.6) is 0 Å². The van der Waals surface area contributed by atoms with E-state index in [9.17, 15) is 23.1 Å². The molecule has 1 aromatic carbocycles. The summed E-state index contributed by atoms with van der Waals surface area (Å²) >= 11 is 5.83. The molecule has 0 bridgehead atoms. The number of amides is 2. The number of hydrogen-bond acceptors (Lipinski definition) is 2. The predicted molar refractivity (Wildman–Crippen MR) is 74.7 cm³/mol. The maximum Gasteiger partial charge on any atom is 0.416 e. The number of hydrogen-bond donors (Lipinski definition) is 3. The SMILES string of the molecule is O=C1Nc2ccc(Cl)cc2[C@@](CC(O)C2CC2)(C(F)(F)F)N1. The second kappa shape index (κ2) is 5.03. The topological polar surface area (TPSA) is 61.4 Å². The van der Waals surface area contributed by atoms with Crippen molar-refractivity contribution in [3.8, 4) is 0 Å². The van der Waals surface area contributed by atoms with E-state index < -0.39 is 30.3 Å². The van der Waals surface area contributed by atoms with Crippen molar-refractivity contribution in [2.45, 2.75) is 37.1 Å². The van der Waals surface area contributed by atoms with Crippen LogP contribution in [0.25, 0.3) is 0 Å². The summed E-state index contributed by atoms with van der Waals surface area (Å²) in [5.41, 5.74) is -2.77. The average Bonchev–Trinajstić information content (AvgIpc) is 3.22. The van der Waals surface area contributed by atoms with Crippen molar-refractivity contribution in [2.24, 2.45) is 5.92 Å². The van der Waals surface area contributed by atoms with Crippen LogP contribution < -0.4 is 10.6 Å². The van der Waals surface area contributed by atoms with Crippen molar-refractivity contribution in [1.82, 2.24) is 5.32 Å². The van der Waals surface area contributed by atoms with Gasteiger partial charge in [-0.2, -0.15) is 13.2 Å². The van der Waals surface area contributed by atoms with Gasteiger partial charge in [0, 0.05) is 22.7 Å². The molecule has 1 unspecified atom stereocenters. The predicted octanol–water partition coefficient (Wildman–Crippen LogP) is 3.39. The number of fused-ring (bicyclic) bond motifs is 1. The third-order valence-electron chi connectivity index (χ3n) is 4.18. The lowest BCUT2D eigenvalue weighted by Crippen LogP contribution is -2.61. The van der Waals surface area contributed by atoms with E-state index in [-0.39, 0.29) is 22.2 Å². The Morgan fingerprint density at radius 2 is 2.09 bits per heavy atom. The summed E-state index contributed by atoms with van der Waals surface area (Å²) in [5, 5.41) is 14.5. The standard InChI is InChI=1S/C14H14ClF3N2O2/c15-8-3-4-10-9(5-8)13(14(16,17)18,20-12(22)19-10)6-11(21)7-1-2-7/h3-5,7,11,21H,1-2,6H2,(H2,19,20,22)/t11?,13-/m0/s1. The van der Waals surface area contributed by atoms with E-state index in [0.29, 0.717) is 12.8 Å². The summed E-state index contributed by atoms with van der Waals surface area (Å²) in [5.74, 6) is -0.145. The van der Waals surface area contributed by atoms with Gasteiger partial charge in [0.25, 0.3) is 0 Å². The van der Waals surface area contributed by atoms with E-state index >= 15 is 0 Å². The molecule has 120 valence electrons. The van der Waals surface area contributed by atoms with Gasteiger partial charge in [-0.05, 0) is 37.0 Å². The molecule has 1 aromatic rings. The van der Waals surface area contributed by atoms with Crippen LogP contribution in [0, 0.1) is 5.92 Å². The normalized spacial score (nSPS) is 26.0. The molecular formula is C14H14ClF3N2O2. The number of carbonyl (C=O) groups excluding carboxylic acids is 1. The number of aliphatic hydroxyl groups is 1. The van der Waals surface area contributed by atoms with Gasteiger partial charge in [-0.1, -0.05) is 11.6 Å². The molecule has 2 atom stereocenters. The molecule has 2 amide bonds. The summed E-state index contributed by atoms with van der Waals surface area (Å²) < 4.78 is 41.5. The average molecular weight is 335 g/mol. The van der Waals surface area contributed by atoms with Gasteiger partial charge < -0.3 is 15.7 Å². The van der Waals surface area contributed by atoms with Gasteiger partial charge in [0.15, 0.2) is 5.54 Å². The fourth-order valence-corrected chi connectivity index (χ4v) is 3.03. The summed E-state index contributed by atoms with van der Waals surface area (Å²) in [4.78, 5) is 11.7. The highest BCUT2D eigenvalue weighted by Gasteiger charge is 2.61. The Bertz CT molecular complexity index is 619. The molecule has 8 heteroatoms. The molecule has 3 N–H and O–H groups in total. The van der Waals surface area contributed by atoms with Gasteiger partial charge in [0.2, 0.25) is 0 Å². The smallest absolute Gasteiger partial charge is 0.393 e. The van der Waals surface area contributed by atoms with Crippen LogP contribution in [0.4, 0.5) is 23.7 Å². The molecule has 1 aliphatic carbocycles. The number of benzene rings is 1. The van der Waals surface area contributed by atoms with Crippen molar-refractivity contribution < 1.29 is 23.1 Å². The zero-order chi connectivity index (χ0) is 16.1. The summed E-state index contributed by atoms with van der Waals surface area (Å²) in [6.45, 7) is 0. The second-order valence-corrected chi connectivity index (χ2v) is 6.22. The van der Waals surface area contributed by atoms with E-state index in [0.717, 1.165) is 0 Å². The van der Waals surface area contributed by atoms with Crippen LogP contribution in [0.2, 0.25) is 5.02 Å². The van der Waals surface area contributed by atoms with Crippen LogP contribution in [-0.4, -0.2) is 23.4 Å². The van der Waals surface area contributed by atoms with Gasteiger partial charge in [0.1, 0.15) is 0 Å². The minimum absolute atomic E-state index is 0.0495. The van der Waals surface area contributed by atoms with Crippen molar-refractivity contribution in [3.05, 3.63) is 28.8 Å². The minimum atomic E-state index is -4.76. The fourth-order valence-electron chi connectivity index (χ4n) is 2.85. The number of anilines is 1. The quantitative estimate of drug-likeness (QED) is 0.793. The molecule has 0 radical (unpaired) electrons. The van der Waals surface area contributed by atoms with Crippen molar-refractivity contribution in [2.75, 3.05) is 5.32 Å². The Morgan fingerprint density at radius 1 is 1.41 bits per heavy atom. The first-order valence-corrected chi connectivity index (χ1v) is 7.25. The largest absolute Gasteiger partial charge is 0.416 e. The highest BCUT2D eigenvalue weighted by atomic mass is 35.5. The van der Waals surface area contributed by atoms with Crippen molar-refractivity contribution in [3.63, 3.8) is 0 Å². The zero-order valence-electron chi connectivity index (χ0n) is 11.4. The number of halogens is 4. The first kappa shape index (κ1) is 15.4. The van der Waals surface area contributed by atoms with Gasteiger partial charge in [0.05, 0.1) is 6.10 Å². The van der Waals surface area contributed by atoms with E-state index in [2.05, 4.69) is 5.32 Å². The zero-order valence-corrected chi connectivity index (χ0v) is 12.1. The first-order chi connectivity index (χ1) is 10.2. The molecule has 3 rings (SSSR count). The maximum absolute atomic E-state index is 13.8. The number of urea groups is 1. The van der Waals surface area contributed by atoms with Gasteiger partial charge in [-0.25, -0.2) is 4.79 Å². The number of nitrogens with one attached hydrogen (secondary N) is 2. The van der Waals surface area contributed by atoms with Gasteiger partial charge >= 0.3 is 12.2 Å². The molecule has 1 saturated carbocycles. The summed E-state index contributed by atoms with van der Waals surface area (Å²) in [7, 11) is 0. The second-order valence-electron chi connectivity index (χ2n) is 5.78. The molecule has 4 nitrogen and oxygen atoms in total. The molecule has 2 aliphatic rings. The van der Waals surface area contributed by atoms with Crippen molar-refractivity contribution in [1.29, 1.82) is 0 Å². The van der Waals surface area contributed by atoms with E-state index in [4.69, 9.17) is 11.6 Å². The van der Waals surface area contributed by atoms with Crippen LogP contribution in [0.1, 0.15) is 24.8 Å². The molecule has 22 heavy (non-hydrogen) atoms. The Hall–Kier alpha value is -1.47. The Balaban J connectivity index is 2.12. The van der Waals surface area contributed by atoms with Crippen LogP contribution in [-0.2, 0) is 5.54 Å². The monoisotopic (exact) mass is 334 g/mol. The molecule has 0 spiro atoms. The first-order valence-electron chi connectivity index (χ1n) is 6.87. The van der Waals surface area contributed by atoms with Crippen LogP contribution >= 0.6 is 11.6 Å². The van der Waals surface area contributed by atoms with Crippen molar-refractivity contribution >= 4 is 23.3 Å². The molecule has 0 saturated heterocycles. The molecular weight excluding hydrogens is 321 g/mol. The Morgan fingerprint density at radius 3 is 2.68 bits per heavy atom. The molecule has 1 aliphatic heterocycles. The van der Waals surface area contributed by atoms with E-state index in [1.807, 2.05) is 5.32 Å². The maximum atomic E-state index is 13.8. The third-order valence-corrected chi connectivity index (χ3v) is 4.42. The summed E-state index contributed by atoms with van der Waals surface area (Å²) in [6, 6.07) is 2.97. The number of carbonyl (C=O) groups is 1. The lowest BCUT2D eigenvalue weighted by molar-refractivity contribution is -0.206. The molecule has 0 aromatic heterocycles. The molecule has 1 heterocycles. The number of alkyl halides is 3. The summed E-state index contributed by atoms with van der Waals surface area (Å²) in [6.07, 6.45) is -5.12. The minimum Gasteiger partial charge on any atom is -0.393 e. The third kappa shape index (κ3) is 2.52. The van der Waals surface area contributed by atoms with Crippen LogP contribution in [0.15, 0.2) is 18.2 Å². The Kier molecular flexibility index (Phi) is 3.52. The van der Waals surface area contributed by atoms with E-state index in [1.165, 1.54) is 18.2 Å². The highest BCUT2D eigenvalue weighted by molar-refractivity contribution is 6.30.